The summed E-state index contributed by atoms with van der Waals surface area (Å²) in [6.45, 7) is 4.08. The Bertz CT molecular complexity index is 650. The maximum atomic E-state index is 12.1. The number of aromatic nitrogens is 3. The second kappa shape index (κ2) is 7.07. The summed E-state index contributed by atoms with van der Waals surface area (Å²) >= 11 is 5.82. The lowest BCUT2D eigenvalue weighted by Gasteiger charge is -2.26. The summed E-state index contributed by atoms with van der Waals surface area (Å²) in [5.74, 6) is -0.166. The predicted molar refractivity (Wildman–Crippen MR) is 85.2 cm³/mol. The number of carbonyl (C=O) groups excluding carboxylic acids is 1. The Hall–Kier alpha value is -1.66. The Morgan fingerprint density at radius 1 is 1.27 bits per heavy atom. The minimum atomic E-state index is -0.166. The van der Waals surface area contributed by atoms with Gasteiger partial charge in [0.1, 0.15) is 10.8 Å². The number of hydrogen-bond acceptors (Lipinski definition) is 4. The number of imidazole rings is 1. The first-order valence-corrected chi connectivity index (χ1v) is 8.13. The van der Waals surface area contributed by atoms with Gasteiger partial charge in [-0.2, -0.15) is 5.10 Å². The Morgan fingerprint density at radius 2 is 2.09 bits per heavy atom. The van der Waals surface area contributed by atoms with Gasteiger partial charge in [-0.15, -0.1) is 0 Å². The molecule has 0 aromatic carbocycles. The van der Waals surface area contributed by atoms with Crippen molar-refractivity contribution in [3.63, 3.8) is 0 Å². The van der Waals surface area contributed by atoms with E-state index in [1.165, 1.54) is 36.9 Å². The van der Waals surface area contributed by atoms with Gasteiger partial charge in [-0.3, -0.25) is 4.79 Å². The minimum absolute atomic E-state index is 0.166. The normalized spacial score (nSPS) is 16.0. The molecule has 0 unspecified atom stereocenters. The van der Waals surface area contributed by atoms with Gasteiger partial charge in [0.2, 0.25) is 0 Å². The molecule has 1 aliphatic rings. The molecular formula is C15H20ClN5O. The van der Waals surface area contributed by atoms with Gasteiger partial charge in [0.05, 0.1) is 6.20 Å². The quantitative estimate of drug-likeness (QED) is 0.855. The number of halogens is 1. The molecule has 22 heavy (non-hydrogen) atoms. The van der Waals surface area contributed by atoms with Gasteiger partial charge in [0.15, 0.2) is 5.65 Å². The third-order valence-corrected chi connectivity index (χ3v) is 4.11. The zero-order chi connectivity index (χ0) is 15.4. The summed E-state index contributed by atoms with van der Waals surface area (Å²) in [5, 5.41) is 7.35. The molecule has 0 bridgehead atoms. The largest absolute Gasteiger partial charge is 0.351 e. The summed E-state index contributed by atoms with van der Waals surface area (Å²) in [4.78, 5) is 18.8. The van der Waals surface area contributed by atoms with Crippen LogP contribution in [-0.2, 0) is 0 Å². The Labute approximate surface area is 134 Å². The van der Waals surface area contributed by atoms with Crippen molar-refractivity contribution in [3.8, 4) is 0 Å². The fourth-order valence-electron chi connectivity index (χ4n) is 2.75. The number of nitrogens with zero attached hydrogens (tertiary/aromatic N) is 4. The van der Waals surface area contributed by atoms with Crippen LogP contribution in [0.4, 0.5) is 0 Å². The second-order valence-corrected chi connectivity index (χ2v) is 5.98. The smallest absolute Gasteiger partial charge is 0.271 e. The van der Waals surface area contributed by atoms with E-state index in [0.717, 1.165) is 13.0 Å². The van der Waals surface area contributed by atoms with Crippen LogP contribution in [0, 0.1) is 0 Å². The lowest BCUT2D eigenvalue weighted by atomic mass is 10.1. The highest BCUT2D eigenvalue weighted by molar-refractivity contribution is 6.29. The molecule has 0 saturated carbocycles. The van der Waals surface area contributed by atoms with Crippen LogP contribution in [0.2, 0.25) is 5.15 Å². The van der Waals surface area contributed by atoms with Gasteiger partial charge in [-0.1, -0.05) is 18.0 Å². The predicted octanol–water partition coefficient (Wildman–Crippen LogP) is 1.99. The van der Waals surface area contributed by atoms with Gasteiger partial charge in [0.25, 0.3) is 5.91 Å². The van der Waals surface area contributed by atoms with Gasteiger partial charge >= 0.3 is 0 Å². The molecule has 1 saturated heterocycles. The maximum absolute atomic E-state index is 12.1. The molecule has 3 rings (SSSR count). The minimum Gasteiger partial charge on any atom is -0.351 e. The molecule has 0 atom stereocenters. The van der Waals surface area contributed by atoms with Gasteiger partial charge < -0.3 is 10.2 Å². The lowest BCUT2D eigenvalue weighted by molar-refractivity contribution is 0.0946. The molecule has 1 amide bonds. The molecule has 0 spiro atoms. The standard InChI is InChI=1S/C15H20ClN5O/c16-13-5-6-14-18-12(11-21(14)19-13)15(22)17-7-4-10-20-8-2-1-3-9-20/h5-6,11H,1-4,7-10H2,(H,17,22). The van der Waals surface area contributed by atoms with Crippen molar-refractivity contribution >= 4 is 23.2 Å². The SMILES string of the molecule is O=C(NCCCN1CCCCC1)c1cn2nc(Cl)ccc2n1. The molecule has 0 radical (unpaired) electrons. The molecule has 1 fully saturated rings. The van der Waals surface area contributed by atoms with Crippen molar-refractivity contribution in [2.45, 2.75) is 25.7 Å². The van der Waals surface area contributed by atoms with E-state index >= 15 is 0 Å². The van der Waals surface area contributed by atoms with E-state index in [1.54, 1.807) is 18.3 Å². The van der Waals surface area contributed by atoms with Crippen LogP contribution < -0.4 is 5.32 Å². The van der Waals surface area contributed by atoms with Crippen LogP contribution in [0.3, 0.4) is 0 Å². The number of hydrogen-bond donors (Lipinski definition) is 1. The highest BCUT2D eigenvalue weighted by atomic mass is 35.5. The Morgan fingerprint density at radius 3 is 2.91 bits per heavy atom. The van der Waals surface area contributed by atoms with Crippen molar-refractivity contribution < 1.29 is 4.79 Å². The molecule has 118 valence electrons. The molecule has 0 aliphatic carbocycles. The van der Waals surface area contributed by atoms with Gasteiger partial charge in [-0.05, 0) is 51.0 Å². The van der Waals surface area contributed by atoms with Gasteiger partial charge in [-0.25, -0.2) is 9.50 Å². The van der Waals surface area contributed by atoms with Gasteiger partial charge in [0, 0.05) is 6.54 Å². The van der Waals surface area contributed by atoms with Crippen molar-refractivity contribution in [1.82, 2.24) is 24.8 Å². The third kappa shape index (κ3) is 3.75. The number of amides is 1. The number of nitrogens with one attached hydrogen (secondary N) is 1. The molecule has 2 aromatic heterocycles. The van der Waals surface area contributed by atoms with Crippen LogP contribution in [0.25, 0.3) is 5.65 Å². The van der Waals surface area contributed by atoms with E-state index in [1.807, 2.05) is 0 Å². The number of piperidine rings is 1. The Kier molecular flexibility index (Phi) is 4.90. The zero-order valence-corrected chi connectivity index (χ0v) is 13.2. The fourth-order valence-corrected chi connectivity index (χ4v) is 2.89. The van der Waals surface area contributed by atoms with Crippen molar-refractivity contribution in [1.29, 1.82) is 0 Å². The first kappa shape index (κ1) is 15.2. The fraction of sp³-hybridized carbons (Fsp3) is 0.533. The molecular weight excluding hydrogens is 302 g/mol. The second-order valence-electron chi connectivity index (χ2n) is 5.60. The molecule has 1 aliphatic heterocycles. The summed E-state index contributed by atoms with van der Waals surface area (Å²) in [7, 11) is 0. The van der Waals surface area contributed by atoms with Crippen molar-refractivity contribution in [2.24, 2.45) is 0 Å². The van der Waals surface area contributed by atoms with E-state index < -0.39 is 0 Å². The topological polar surface area (TPSA) is 62.5 Å². The number of rotatable bonds is 5. The highest BCUT2D eigenvalue weighted by Gasteiger charge is 2.12. The summed E-state index contributed by atoms with van der Waals surface area (Å²) in [5.41, 5.74) is 0.982. The van der Waals surface area contributed by atoms with E-state index in [0.29, 0.717) is 23.0 Å². The van der Waals surface area contributed by atoms with E-state index in [2.05, 4.69) is 20.3 Å². The summed E-state index contributed by atoms with van der Waals surface area (Å²) < 4.78 is 1.52. The average Bonchev–Trinajstić information content (AvgIpc) is 2.95. The zero-order valence-electron chi connectivity index (χ0n) is 12.5. The highest BCUT2D eigenvalue weighted by Crippen LogP contribution is 2.09. The first-order valence-electron chi connectivity index (χ1n) is 7.75. The number of carbonyl (C=O) groups is 1. The number of fused-ring (bicyclic) bond motifs is 1. The maximum Gasteiger partial charge on any atom is 0.271 e. The lowest BCUT2D eigenvalue weighted by Crippen LogP contribution is -2.33. The first-order chi connectivity index (χ1) is 10.7. The van der Waals surface area contributed by atoms with Crippen LogP contribution in [0.1, 0.15) is 36.2 Å². The monoisotopic (exact) mass is 321 g/mol. The molecule has 6 nitrogen and oxygen atoms in total. The van der Waals surface area contributed by atoms with Crippen molar-refractivity contribution in [3.05, 3.63) is 29.2 Å². The third-order valence-electron chi connectivity index (χ3n) is 3.91. The van der Waals surface area contributed by atoms with Crippen LogP contribution in [0.5, 0.6) is 0 Å². The molecule has 1 N–H and O–H groups in total. The average molecular weight is 322 g/mol. The molecule has 2 aromatic rings. The van der Waals surface area contributed by atoms with E-state index in [-0.39, 0.29) is 5.91 Å². The number of likely N-dealkylation sites (tertiary alicyclic amines) is 1. The van der Waals surface area contributed by atoms with Crippen molar-refractivity contribution in [2.75, 3.05) is 26.2 Å². The molecule has 7 heteroatoms. The van der Waals surface area contributed by atoms with E-state index in [9.17, 15) is 4.79 Å². The van der Waals surface area contributed by atoms with E-state index in [4.69, 9.17) is 11.6 Å². The van der Waals surface area contributed by atoms with Crippen LogP contribution in [-0.4, -0.2) is 51.6 Å². The van der Waals surface area contributed by atoms with Crippen LogP contribution >= 0.6 is 11.6 Å². The Balaban J connectivity index is 1.48. The van der Waals surface area contributed by atoms with Crippen LogP contribution in [0.15, 0.2) is 18.3 Å². The molecule has 3 heterocycles. The summed E-state index contributed by atoms with van der Waals surface area (Å²) in [6.07, 6.45) is 6.50. The summed E-state index contributed by atoms with van der Waals surface area (Å²) in [6, 6.07) is 3.40.